The van der Waals surface area contributed by atoms with Crippen LogP contribution in [-0.2, 0) is 4.74 Å². The van der Waals surface area contributed by atoms with Crippen LogP contribution in [-0.4, -0.2) is 43.7 Å². The molecule has 0 aromatic heterocycles. The standard InChI is InChI=1S/C13H16INO3/c1-9-8-15(5-6-18-9)13(16)11-4-3-10(14)7-12(11)17-2/h3-4,7,9H,5-6,8H2,1-2H3/t9-/m0/s1. The van der Waals surface area contributed by atoms with Crippen molar-refractivity contribution in [2.75, 3.05) is 26.8 Å². The van der Waals surface area contributed by atoms with Gasteiger partial charge in [-0.3, -0.25) is 4.79 Å². The molecular formula is C13H16INO3. The smallest absolute Gasteiger partial charge is 0.257 e. The maximum atomic E-state index is 12.4. The highest BCUT2D eigenvalue weighted by Crippen LogP contribution is 2.23. The summed E-state index contributed by atoms with van der Waals surface area (Å²) >= 11 is 2.20. The summed E-state index contributed by atoms with van der Waals surface area (Å²) < 4.78 is 11.8. The van der Waals surface area contributed by atoms with Crippen molar-refractivity contribution in [2.45, 2.75) is 13.0 Å². The second-order valence-electron chi connectivity index (χ2n) is 4.28. The predicted molar refractivity (Wildman–Crippen MR) is 77.0 cm³/mol. The van der Waals surface area contributed by atoms with E-state index in [0.29, 0.717) is 31.0 Å². The highest BCUT2D eigenvalue weighted by molar-refractivity contribution is 14.1. The van der Waals surface area contributed by atoms with E-state index in [1.54, 1.807) is 7.11 Å². The minimum atomic E-state index is 0.0124. The molecule has 1 aromatic carbocycles. The first-order valence-corrected chi connectivity index (χ1v) is 6.94. The second kappa shape index (κ2) is 5.88. The van der Waals surface area contributed by atoms with Crippen molar-refractivity contribution in [3.63, 3.8) is 0 Å². The zero-order chi connectivity index (χ0) is 13.1. The van der Waals surface area contributed by atoms with Gasteiger partial charge in [-0.05, 0) is 47.7 Å². The van der Waals surface area contributed by atoms with Crippen molar-refractivity contribution >= 4 is 28.5 Å². The summed E-state index contributed by atoms with van der Waals surface area (Å²) in [6.45, 7) is 3.84. The van der Waals surface area contributed by atoms with E-state index in [-0.39, 0.29) is 12.0 Å². The van der Waals surface area contributed by atoms with Crippen LogP contribution >= 0.6 is 22.6 Å². The summed E-state index contributed by atoms with van der Waals surface area (Å²) in [6, 6.07) is 5.61. The van der Waals surface area contributed by atoms with Gasteiger partial charge in [0.15, 0.2) is 0 Å². The Morgan fingerprint density at radius 2 is 2.33 bits per heavy atom. The lowest BCUT2D eigenvalue weighted by atomic mass is 10.1. The monoisotopic (exact) mass is 361 g/mol. The quantitative estimate of drug-likeness (QED) is 0.758. The number of morpholine rings is 1. The summed E-state index contributed by atoms with van der Waals surface area (Å²) in [7, 11) is 1.59. The topological polar surface area (TPSA) is 38.8 Å². The van der Waals surface area contributed by atoms with Crippen molar-refractivity contribution < 1.29 is 14.3 Å². The molecule has 1 fully saturated rings. The van der Waals surface area contributed by atoms with Crippen molar-refractivity contribution in [1.82, 2.24) is 4.90 Å². The van der Waals surface area contributed by atoms with E-state index >= 15 is 0 Å². The van der Waals surface area contributed by atoms with Crippen molar-refractivity contribution in [3.8, 4) is 5.75 Å². The Kier molecular flexibility index (Phi) is 4.45. The molecule has 18 heavy (non-hydrogen) atoms. The number of hydrogen-bond donors (Lipinski definition) is 0. The van der Waals surface area contributed by atoms with Gasteiger partial charge in [0.2, 0.25) is 0 Å². The van der Waals surface area contributed by atoms with E-state index < -0.39 is 0 Å². The molecule has 0 radical (unpaired) electrons. The van der Waals surface area contributed by atoms with Crippen LogP contribution in [0, 0.1) is 3.57 Å². The molecule has 5 heteroatoms. The highest BCUT2D eigenvalue weighted by Gasteiger charge is 2.24. The van der Waals surface area contributed by atoms with E-state index in [0.717, 1.165) is 3.57 Å². The van der Waals surface area contributed by atoms with E-state index in [4.69, 9.17) is 9.47 Å². The van der Waals surface area contributed by atoms with Gasteiger partial charge < -0.3 is 14.4 Å². The Balaban J connectivity index is 2.22. The summed E-state index contributed by atoms with van der Waals surface area (Å²) in [5.41, 5.74) is 0.618. The molecule has 1 aromatic rings. The van der Waals surface area contributed by atoms with E-state index in [2.05, 4.69) is 22.6 Å². The lowest BCUT2D eigenvalue weighted by Crippen LogP contribution is -2.44. The van der Waals surface area contributed by atoms with Crippen LogP contribution in [0.25, 0.3) is 0 Å². The van der Waals surface area contributed by atoms with Crippen molar-refractivity contribution in [2.24, 2.45) is 0 Å². The molecule has 0 saturated carbocycles. The van der Waals surface area contributed by atoms with E-state index in [1.807, 2.05) is 30.0 Å². The third kappa shape index (κ3) is 2.95. The first-order chi connectivity index (χ1) is 8.61. The summed E-state index contributed by atoms with van der Waals surface area (Å²) in [4.78, 5) is 14.2. The van der Waals surface area contributed by atoms with Gasteiger partial charge in [-0.1, -0.05) is 0 Å². The molecule has 0 spiro atoms. The SMILES string of the molecule is COc1cc(I)ccc1C(=O)N1CCO[C@@H](C)C1. The Labute approximate surface area is 120 Å². The third-order valence-electron chi connectivity index (χ3n) is 2.92. The predicted octanol–water partition coefficient (Wildman–Crippen LogP) is 2.16. The third-order valence-corrected chi connectivity index (χ3v) is 3.59. The maximum Gasteiger partial charge on any atom is 0.257 e. The zero-order valence-electron chi connectivity index (χ0n) is 10.5. The molecule has 2 rings (SSSR count). The fourth-order valence-electron chi connectivity index (χ4n) is 2.01. The number of carbonyl (C=O) groups excluding carboxylic acids is 1. The molecule has 1 aliphatic rings. The molecule has 1 atom stereocenters. The van der Waals surface area contributed by atoms with Crippen LogP contribution < -0.4 is 4.74 Å². The molecule has 0 unspecified atom stereocenters. The minimum absolute atomic E-state index is 0.0124. The Morgan fingerprint density at radius 1 is 1.56 bits per heavy atom. The van der Waals surface area contributed by atoms with Gasteiger partial charge in [-0.15, -0.1) is 0 Å². The fraction of sp³-hybridized carbons (Fsp3) is 0.462. The Hall–Kier alpha value is -0.820. The summed E-state index contributed by atoms with van der Waals surface area (Å²) in [6.07, 6.45) is 0.0949. The lowest BCUT2D eigenvalue weighted by Gasteiger charge is -2.31. The average molecular weight is 361 g/mol. The number of rotatable bonds is 2. The Bertz CT molecular complexity index is 450. The molecule has 98 valence electrons. The first-order valence-electron chi connectivity index (χ1n) is 5.86. The van der Waals surface area contributed by atoms with Crippen molar-refractivity contribution in [1.29, 1.82) is 0 Å². The Morgan fingerprint density at radius 3 is 3.00 bits per heavy atom. The van der Waals surface area contributed by atoms with E-state index in [1.165, 1.54) is 0 Å². The van der Waals surface area contributed by atoms with Gasteiger partial charge in [-0.2, -0.15) is 0 Å². The number of halogens is 1. The van der Waals surface area contributed by atoms with Crippen molar-refractivity contribution in [3.05, 3.63) is 27.3 Å². The molecular weight excluding hydrogens is 345 g/mol. The number of amides is 1. The number of methoxy groups -OCH3 is 1. The molecule has 1 saturated heterocycles. The van der Waals surface area contributed by atoms with Crippen LogP contribution in [0.5, 0.6) is 5.75 Å². The molecule has 0 bridgehead atoms. The molecule has 1 aliphatic heterocycles. The molecule has 0 aliphatic carbocycles. The van der Waals surface area contributed by atoms with Crippen LogP contribution in [0.3, 0.4) is 0 Å². The zero-order valence-corrected chi connectivity index (χ0v) is 12.6. The normalized spacial score (nSPS) is 19.7. The van der Waals surface area contributed by atoms with Gasteiger partial charge in [0.05, 0.1) is 25.4 Å². The molecule has 1 amide bonds. The minimum Gasteiger partial charge on any atom is -0.496 e. The number of ether oxygens (including phenoxy) is 2. The van der Waals surface area contributed by atoms with Gasteiger partial charge in [0, 0.05) is 16.7 Å². The number of benzene rings is 1. The molecule has 1 heterocycles. The van der Waals surface area contributed by atoms with Gasteiger partial charge in [0.25, 0.3) is 5.91 Å². The fourth-order valence-corrected chi connectivity index (χ4v) is 2.48. The first kappa shape index (κ1) is 13.6. The largest absolute Gasteiger partial charge is 0.496 e. The van der Waals surface area contributed by atoms with Crippen LogP contribution in [0.15, 0.2) is 18.2 Å². The van der Waals surface area contributed by atoms with Gasteiger partial charge in [0.1, 0.15) is 5.75 Å². The lowest BCUT2D eigenvalue weighted by molar-refractivity contribution is -0.0125. The highest BCUT2D eigenvalue weighted by atomic mass is 127. The molecule has 0 N–H and O–H groups in total. The van der Waals surface area contributed by atoms with Crippen LogP contribution in [0.2, 0.25) is 0 Å². The van der Waals surface area contributed by atoms with E-state index in [9.17, 15) is 4.79 Å². The van der Waals surface area contributed by atoms with Crippen LogP contribution in [0.1, 0.15) is 17.3 Å². The second-order valence-corrected chi connectivity index (χ2v) is 5.52. The molecule has 4 nitrogen and oxygen atoms in total. The number of nitrogens with zero attached hydrogens (tertiary/aromatic N) is 1. The average Bonchev–Trinajstić information content (AvgIpc) is 2.37. The number of carbonyl (C=O) groups is 1. The van der Waals surface area contributed by atoms with Crippen LogP contribution in [0.4, 0.5) is 0 Å². The van der Waals surface area contributed by atoms with Gasteiger partial charge in [-0.25, -0.2) is 0 Å². The maximum absolute atomic E-state index is 12.4. The van der Waals surface area contributed by atoms with Gasteiger partial charge >= 0.3 is 0 Å². The number of hydrogen-bond acceptors (Lipinski definition) is 3. The summed E-state index contributed by atoms with van der Waals surface area (Å²) in [5.74, 6) is 0.643. The summed E-state index contributed by atoms with van der Waals surface area (Å²) in [5, 5.41) is 0.